The Hall–Kier alpha value is -0.980. The summed E-state index contributed by atoms with van der Waals surface area (Å²) in [6, 6.07) is 0.0282. The smallest absolute Gasteiger partial charge is 0.138 e. The first-order valence-electron chi connectivity index (χ1n) is 7.50. The Morgan fingerprint density at radius 3 is 2.75 bits per heavy atom. The summed E-state index contributed by atoms with van der Waals surface area (Å²) in [5.74, 6) is 0.987. The molecule has 20 heavy (non-hydrogen) atoms. The maximum absolute atomic E-state index is 6.47. The normalized spacial score (nSPS) is 19.2. The largest absolute Gasteiger partial charge is 0.379 e. The predicted molar refractivity (Wildman–Crippen MR) is 78.5 cm³/mol. The van der Waals surface area contributed by atoms with Crippen molar-refractivity contribution in [1.29, 1.82) is 0 Å². The molecule has 0 saturated carbocycles. The molecule has 0 bridgehead atoms. The van der Waals surface area contributed by atoms with Gasteiger partial charge in [-0.2, -0.15) is 5.10 Å². The second-order valence-corrected chi connectivity index (χ2v) is 5.96. The molecule has 1 aliphatic rings. The first-order chi connectivity index (χ1) is 9.55. The van der Waals surface area contributed by atoms with Crippen LogP contribution in [0.25, 0.3) is 0 Å². The summed E-state index contributed by atoms with van der Waals surface area (Å²) >= 11 is 0. The molecule has 0 aliphatic carbocycles. The van der Waals surface area contributed by atoms with Crippen LogP contribution < -0.4 is 5.73 Å². The average molecular weight is 281 g/mol. The van der Waals surface area contributed by atoms with Crippen molar-refractivity contribution < 1.29 is 4.74 Å². The van der Waals surface area contributed by atoms with Crippen molar-refractivity contribution in [3.8, 4) is 0 Å². The molecule has 0 aromatic carbocycles. The van der Waals surface area contributed by atoms with Crippen molar-refractivity contribution in [3.05, 3.63) is 12.2 Å². The lowest BCUT2D eigenvalue weighted by molar-refractivity contribution is -0.0188. The molecule has 2 heterocycles. The summed E-state index contributed by atoms with van der Waals surface area (Å²) in [6.07, 6.45) is 3.43. The Bertz CT molecular complexity index is 411. The first kappa shape index (κ1) is 15.4. The second kappa shape index (κ2) is 6.65. The summed E-state index contributed by atoms with van der Waals surface area (Å²) in [5.41, 5.74) is 6.41. The van der Waals surface area contributed by atoms with Gasteiger partial charge in [-0.3, -0.25) is 9.58 Å². The van der Waals surface area contributed by atoms with Crippen LogP contribution in [0.1, 0.15) is 33.0 Å². The van der Waals surface area contributed by atoms with Crippen LogP contribution in [0.2, 0.25) is 0 Å². The van der Waals surface area contributed by atoms with E-state index in [0.29, 0.717) is 0 Å². The second-order valence-electron chi connectivity index (χ2n) is 5.96. The van der Waals surface area contributed by atoms with Gasteiger partial charge in [0, 0.05) is 37.6 Å². The van der Waals surface area contributed by atoms with Gasteiger partial charge in [-0.25, -0.2) is 4.98 Å². The Morgan fingerprint density at radius 1 is 1.40 bits per heavy atom. The fourth-order valence-electron chi connectivity index (χ4n) is 2.67. The van der Waals surface area contributed by atoms with E-state index in [1.54, 1.807) is 6.33 Å². The van der Waals surface area contributed by atoms with Gasteiger partial charge < -0.3 is 10.5 Å². The van der Waals surface area contributed by atoms with Crippen LogP contribution in [0, 0.1) is 0 Å². The molecular weight excluding hydrogens is 254 g/mol. The topological polar surface area (TPSA) is 69.2 Å². The maximum Gasteiger partial charge on any atom is 0.138 e. The van der Waals surface area contributed by atoms with Crippen molar-refractivity contribution in [2.24, 2.45) is 5.73 Å². The van der Waals surface area contributed by atoms with Gasteiger partial charge in [0.15, 0.2) is 0 Å². The van der Waals surface area contributed by atoms with Crippen LogP contribution in [0.4, 0.5) is 0 Å². The fraction of sp³-hybridized carbons (Fsp3) is 0.857. The van der Waals surface area contributed by atoms with E-state index < -0.39 is 0 Å². The third-order valence-electron chi connectivity index (χ3n) is 4.27. The minimum atomic E-state index is -0.0627. The van der Waals surface area contributed by atoms with Gasteiger partial charge in [-0.1, -0.05) is 6.92 Å². The highest BCUT2D eigenvalue weighted by atomic mass is 16.5. The minimum absolute atomic E-state index is 0.0282. The fourth-order valence-corrected chi connectivity index (χ4v) is 2.67. The molecule has 0 radical (unpaired) electrons. The number of hydrogen-bond donors (Lipinski definition) is 1. The number of morpholine rings is 1. The Labute approximate surface area is 121 Å². The lowest BCUT2D eigenvalue weighted by atomic mass is 9.90. The van der Waals surface area contributed by atoms with E-state index in [4.69, 9.17) is 10.5 Å². The third-order valence-corrected chi connectivity index (χ3v) is 4.27. The summed E-state index contributed by atoms with van der Waals surface area (Å²) in [4.78, 5) is 6.78. The SMILES string of the molecule is CCCn1ncnc1CC(N)C(C)(C)N1CCOCC1. The highest BCUT2D eigenvalue weighted by Gasteiger charge is 2.34. The van der Waals surface area contributed by atoms with Crippen LogP contribution in [0.5, 0.6) is 0 Å². The lowest BCUT2D eigenvalue weighted by Gasteiger charge is -2.44. The van der Waals surface area contributed by atoms with Gasteiger partial charge in [0.2, 0.25) is 0 Å². The van der Waals surface area contributed by atoms with Gasteiger partial charge in [0.1, 0.15) is 12.2 Å². The Kier molecular flexibility index (Phi) is 5.12. The van der Waals surface area contributed by atoms with Crippen molar-refractivity contribution in [1.82, 2.24) is 19.7 Å². The minimum Gasteiger partial charge on any atom is -0.379 e. The van der Waals surface area contributed by atoms with Crippen molar-refractivity contribution in [2.75, 3.05) is 26.3 Å². The summed E-state index contributed by atoms with van der Waals surface area (Å²) < 4.78 is 7.39. The van der Waals surface area contributed by atoms with Gasteiger partial charge in [-0.15, -0.1) is 0 Å². The Morgan fingerprint density at radius 2 is 2.10 bits per heavy atom. The van der Waals surface area contributed by atoms with Crippen LogP contribution in [-0.4, -0.2) is 57.5 Å². The zero-order valence-electron chi connectivity index (χ0n) is 12.9. The summed E-state index contributed by atoms with van der Waals surface area (Å²) in [6.45, 7) is 10.9. The molecule has 1 unspecified atom stereocenters. The maximum atomic E-state index is 6.47. The van der Waals surface area contributed by atoms with E-state index in [0.717, 1.165) is 51.5 Å². The number of hydrogen-bond acceptors (Lipinski definition) is 5. The molecule has 114 valence electrons. The van der Waals surface area contributed by atoms with Crippen molar-refractivity contribution >= 4 is 0 Å². The zero-order chi connectivity index (χ0) is 14.6. The molecule has 6 nitrogen and oxygen atoms in total. The third kappa shape index (κ3) is 3.37. The molecule has 6 heteroatoms. The number of nitrogens with zero attached hydrogens (tertiary/aromatic N) is 4. The van der Waals surface area contributed by atoms with E-state index in [1.165, 1.54) is 0 Å². The standard InChI is InChI=1S/C14H27N5O/c1-4-5-19-13(16-11-17-19)10-12(15)14(2,3)18-6-8-20-9-7-18/h11-12H,4-10,15H2,1-3H3. The summed E-state index contributed by atoms with van der Waals surface area (Å²) in [7, 11) is 0. The molecule has 1 aliphatic heterocycles. The number of aryl methyl sites for hydroxylation is 1. The molecule has 1 aromatic rings. The first-order valence-corrected chi connectivity index (χ1v) is 7.50. The molecule has 1 atom stereocenters. The molecular formula is C14H27N5O. The summed E-state index contributed by atoms with van der Waals surface area (Å²) in [5, 5.41) is 4.27. The molecule has 0 amide bonds. The number of ether oxygens (including phenoxy) is 1. The van der Waals surface area contributed by atoms with E-state index in [2.05, 4.69) is 35.8 Å². The van der Waals surface area contributed by atoms with Crippen LogP contribution in [0.15, 0.2) is 6.33 Å². The van der Waals surface area contributed by atoms with Crippen LogP contribution in [-0.2, 0) is 17.7 Å². The van der Waals surface area contributed by atoms with Crippen LogP contribution in [0.3, 0.4) is 0 Å². The molecule has 2 rings (SSSR count). The number of aromatic nitrogens is 3. The Balaban J connectivity index is 2.02. The van der Waals surface area contributed by atoms with Crippen LogP contribution >= 0.6 is 0 Å². The monoisotopic (exact) mass is 281 g/mol. The van der Waals surface area contributed by atoms with Gasteiger partial charge >= 0.3 is 0 Å². The lowest BCUT2D eigenvalue weighted by Crippen LogP contribution is -2.59. The van der Waals surface area contributed by atoms with E-state index in [1.807, 2.05) is 4.68 Å². The van der Waals surface area contributed by atoms with Gasteiger partial charge in [0.25, 0.3) is 0 Å². The predicted octanol–water partition coefficient (Wildman–Crippen LogP) is 0.669. The van der Waals surface area contributed by atoms with E-state index in [-0.39, 0.29) is 11.6 Å². The quantitative estimate of drug-likeness (QED) is 0.830. The molecule has 0 spiro atoms. The molecule has 1 aromatic heterocycles. The molecule has 2 N–H and O–H groups in total. The zero-order valence-corrected chi connectivity index (χ0v) is 12.9. The van der Waals surface area contributed by atoms with Crippen molar-refractivity contribution in [2.45, 2.75) is 51.7 Å². The number of rotatable bonds is 6. The van der Waals surface area contributed by atoms with E-state index >= 15 is 0 Å². The van der Waals surface area contributed by atoms with Gasteiger partial charge in [0.05, 0.1) is 13.2 Å². The highest BCUT2D eigenvalue weighted by Crippen LogP contribution is 2.21. The number of nitrogens with two attached hydrogens (primary N) is 1. The average Bonchev–Trinajstić information content (AvgIpc) is 2.87. The van der Waals surface area contributed by atoms with Gasteiger partial charge in [-0.05, 0) is 20.3 Å². The highest BCUT2D eigenvalue weighted by molar-refractivity contribution is 4.99. The molecule has 1 fully saturated rings. The molecule has 1 saturated heterocycles. The van der Waals surface area contributed by atoms with E-state index in [9.17, 15) is 0 Å². The van der Waals surface area contributed by atoms with Crippen molar-refractivity contribution in [3.63, 3.8) is 0 Å².